The van der Waals surface area contributed by atoms with E-state index in [0.29, 0.717) is 17.1 Å². The molecular weight excluding hydrogens is 216 g/mol. The number of aryl methyl sites for hydroxylation is 1. The molecular formula is C12H14N4O. The minimum absolute atomic E-state index is 0.252. The highest BCUT2D eigenvalue weighted by Gasteiger charge is 2.12. The van der Waals surface area contributed by atoms with Gasteiger partial charge in [0.25, 0.3) is 5.91 Å². The third-order valence-corrected chi connectivity index (χ3v) is 2.69. The van der Waals surface area contributed by atoms with Gasteiger partial charge in [0, 0.05) is 16.9 Å². The number of para-hydroxylation sites is 1. The summed E-state index contributed by atoms with van der Waals surface area (Å²) in [4.78, 5) is 12.0. The second-order valence-corrected chi connectivity index (χ2v) is 3.86. The van der Waals surface area contributed by atoms with Crippen molar-refractivity contribution < 1.29 is 4.79 Å². The van der Waals surface area contributed by atoms with E-state index in [4.69, 9.17) is 5.73 Å². The first-order chi connectivity index (χ1) is 8.09. The van der Waals surface area contributed by atoms with Gasteiger partial charge in [-0.15, -0.1) is 0 Å². The highest BCUT2D eigenvalue weighted by Crippen LogP contribution is 2.17. The number of aromatic amines is 1. The predicted molar refractivity (Wildman–Crippen MR) is 66.9 cm³/mol. The number of H-pyrrole nitrogens is 1. The summed E-state index contributed by atoms with van der Waals surface area (Å²) in [5, 5.41) is 9.55. The zero-order valence-corrected chi connectivity index (χ0v) is 9.74. The van der Waals surface area contributed by atoms with E-state index in [1.807, 2.05) is 13.8 Å². The molecule has 17 heavy (non-hydrogen) atoms. The average Bonchev–Trinajstić information content (AvgIpc) is 2.61. The van der Waals surface area contributed by atoms with Crippen LogP contribution < -0.4 is 11.1 Å². The van der Waals surface area contributed by atoms with Crippen LogP contribution in [0.5, 0.6) is 0 Å². The molecule has 2 rings (SSSR count). The number of hydrogen-bond donors (Lipinski definition) is 3. The largest absolute Gasteiger partial charge is 0.398 e. The van der Waals surface area contributed by atoms with Gasteiger partial charge in [-0.2, -0.15) is 5.10 Å². The number of nitrogens with two attached hydrogens (primary N) is 1. The second kappa shape index (κ2) is 4.29. The lowest BCUT2D eigenvalue weighted by Gasteiger charge is -2.05. The van der Waals surface area contributed by atoms with Gasteiger partial charge in [-0.25, -0.2) is 0 Å². The summed E-state index contributed by atoms with van der Waals surface area (Å²) in [6.07, 6.45) is 0. The molecule has 0 aliphatic rings. The molecule has 0 radical (unpaired) electrons. The fourth-order valence-electron chi connectivity index (χ4n) is 1.49. The second-order valence-electron chi connectivity index (χ2n) is 3.86. The van der Waals surface area contributed by atoms with E-state index in [-0.39, 0.29) is 5.91 Å². The van der Waals surface area contributed by atoms with Crippen molar-refractivity contribution in [2.24, 2.45) is 0 Å². The summed E-state index contributed by atoms with van der Waals surface area (Å²) >= 11 is 0. The highest BCUT2D eigenvalue weighted by atomic mass is 16.1. The van der Waals surface area contributed by atoms with Crippen LogP contribution >= 0.6 is 0 Å². The number of aromatic nitrogens is 2. The van der Waals surface area contributed by atoms with E-state index in [2.05, 4.69) is 15.5 Å². The van der Waals surface area contributed by atoms with Crippen LogP contribution in [0, 0.1) is 13.8 Å². The maximum Gasteiger partial charge on any atom is 0.258 e. The molecule has 5 nitrogen and oxygen atoms in total. The molecule has 1 amide bonds. The van der Waals surface area contributed by atoms with Gasteiger partial charge in [0.05, 0.1) is 5.56 Å². The Balaban J connectivity index is 2.23. The zero-order chi connectivity index (χ0) is 12.4. The molecule has 0 saturated carbocycles. The van der Waals surface area contributed by atoms with Crippen molar-refractivity contribution in [3.63, 3.8) is 0 Å². The number of amides is 1. The highest BCUT2D eigenvalue weighted by molar-refractivity contribution is 6.07. The monoisotopic (exact) mass is 230 g/mol. The van der Waals surface area contributed by atoms with Gasteiger partial charge in [0.15, 0.2) is 5.82 Å². The Bertz CT molecular complexity index is 559. The topological polar surface area (TPSA) is 83.8 Å². The van der Waals surface area contributed by atoms with Crippen LogP contribution in [0.15, 0.2) is 24.3 Å². The molecule has 1 heterocycles. The van der Waals surface area contributed by atoms with Gasteiger partial charge in [-0.1, -0.05) is 12.1 Å². The molecule has 88 valence electrons. The molecule has 0 spiro atoms. The van der Waals surface area contributed by atoms with Crippen LogP contribution in [0.3, 0.4) is 0 Å². The van der Waals surface area contributed by atoms with Crippen molar-refractivity contribution in [2.75, 3.05) is 11.1 Å². The number of benzene rings is 1. The number of anilines is 2. The van der Waals surface area contributed by atoms with Crippen molar-refractivity contribution in [2.45, 2.75) is 13.8 Å². The van der Waals surface area contributed by atoms with Gasteiger partial charge < -0.3 is 11.1 Å². The van der Waals surface area contributed by atoms with E-state index in [0.717, 1.165) is 11.3 Å². The first-order valence-corrected chi connectivity index (χ1v) is 5.27. The summed E-state index contributed by atoms with van der Waals surface area (Å²) in [5.74, 6) is 0.286. The molecule has 0 atom stereocenters. The third kappa shape index (κ3) is 2.13. The third-order valence-electron chi connectivity index (χ3n) is 2.69. The van der Waals surface area contributed by atoms with Crippen molar-refractivity contribution in [1.82, 2.24) is 10.2 Å². The molecule has 0 fully saturated rings. The number of carbonyl (C=O) groups is 1. The smallest absolute Gasteiger partial charge is 0.258 e. The minimum Gasteiger partial charge on any atom is -0.398 e. The van der Waals surface area contributed by atoms with Gasteiger partial charge in [0.1, 0.15) is 0 Å². The van der Waals surface area contributed by atoms with Crippen LogP contribution in [0.2, 0.25) is 0 Å². The molecule has 1 aromatic heterocycles. The van der Waals surface area contributed by atoms with Crippen LogP contribution in [0.25, 0.3) is 0 Å². The molecule has 0 aliphatic heterocycles. The molecule has 2 aromatic rings. The van der Waals surface area contributed by atoms with E-state index >= 15 is 0 Å². The fourth-order valence-corrected chi connectivity index (χ4v) is 1.49. The lowest BCUT2D eigenvalue weighted by Crippen LogP contribution is -2.14. The number of carbonyl (C=O) groups excluding carboxylic acids is 1. The normalized spacial score (nSPS) is 10.2. The molecule has 4 N–H and O–H groups in total. The van der Waals surface area contributed by atoms with Crippen LogP contribution in [0.1, 0.15) is 21.6 Å². The van der Waals surface area contributed by atoms with E-state index < -0.39 is 0 Å². The Labute approximate surface area is 99.0 Å². The predicted octanol–water partition coefficient (Wildman–Crippen LogP) is 1.86. The summed E-state index contributed by atoms with van der Waals surface area (Å²) in [6.45, 7) is 3.79. The van der Waals surface area contributed by atoms with Gasteiger partial charge in [-0.3, -0.25) is 9.89 Å². The number of hydrogen-bond acceptors (Lipinski definition) is 3. The minimum atomic E-state index is -0.252. The Kier molecular flexibility index (Phi) is 2.82. The first-order valence-electron chi connectivity index (χ1n) is 5.27. The summed E-state index contributed by atoms with van der Waals surface area (Å²) in [7, 11) is 0. The Morgan fingerprint density at radius 2 is 2.06 bits per heavy atom. The molecule has 0 unspecified atom stereocenters. The van der Waals surface area contributed by atoms with Crippen molar-refractivity contribution in [1.29, 1.82) is 0 Å². The molecule has 0 saturated heterocycles. The summed E-state index contributed by atoms with van der Waals surface area (Å²) < 4.78 is 0. The number of rotatable bonds is 2. The van der Waals surface area contributed by atoms with E-state index in [1.165, 1.54) is 0 Å². The van der Waals surface area contributed by atoms with Crippen molar-refractivity contribution in [3.05, 3.63) is 41.1 Å². The SMILES string of the molecule is Cc1[nH]nc(NC(=O)c2ccccc2N)c1C. The lowest BCUT2D eigenvalue weighted by molar-refractivity contribution is 0.102. The van der Waals surface area contributed by atoms with Gasteiger partial charge in [0.2, 0.25) is 0 Å². The number of nitrogens with one attached hydrogen (secondary N) is 2. The first kappa shape index (κ1) is 11.2. The quantitative estimate of drug-likeness (QED) is 0.688. The summed E-state index contributed by atoms with van der Waals surface area (Å²) in [6, 6.07) is 6.93. The lowest BCUT2D eigenvalue weighted by atomic mass is 10.1. The van der Waals surface area contributed by atoms with E-state index in [1.54, 1.807) is 24.3 Å². The maximum atomic E-state index is 12.0. The molecule has 0 aliphatic carbocycles. The Morgan fingerprint density at radius 1 is 1.35 bits per heavy atom. The van der Waals surface area contributed by atoms with Crippen LogP contribution in [0.4, 0.5) is 11.5 Å². The number of nitrogens with zero attached hydrogens (tertiary/aromatic N) is 1. The van der Waals surface area contributed by atoms with Gasteiger partial charge in [-0.05, 0) is 26.0 Å². The number of nitrogen functional groups attached to an aromatic ring is 1. The van der Waals surface area contributed by atoms with Crippen molar-refractivity contribution >= 4 is 17.4 Å². The van der Waals surface area contributed by atoms with Crippen molar-refractivity contribution in [3.8, 4) is 0 Å². The zero-order valence-electron chi connectivity index (χ0n) is 9.74. The van der Waals surface area contributed by atoms with Crippen LogP contribution in [-0.2, 0) is 0 Å². The molecule has 1 aromatic carbocycles. The maximum absolute atomic E-state index is 12.0. The molecule has 5 heteroatoms. The molecule has 0 bridgehead atoms. The fraction of sp³-hybridized carbons (Fsp3) is 0.167. The van der Waals surface area contributed by atoms with E-state index in [9.17, 15) is 4.79 Å². The summed E-state index contributed by atoms with van der Waals surface area (Å²) in [5.41, 5.74) is 8.49. The average molecular weight is 230 g/mol. The van der Waals surface area contributed by atoms with Crippen LogP contribution in [-0.4, -0.2) is 16.1 Å². The Morgan fingerprint density at radius 3 is 2.65 bits per heavy atom. The standard InChI is InChI=1S/C12H14N4O/c1-7-8(2)15-16-11(7)14-12(17)9-5-3-4-6-10(9)13/h3-6H,13H2,1-2H3,(H2,14,15,16,17). The Hall–Kier alpha value is -2.30. The van der Waals surface area contributed by atoms with Gasteiger partial charge >= 0.3 is 0 Å².